The molecule has 0 aliphatic carbocycles. The Bertz CT molecular complexity index is 434. The third-order valence-electron chi connectivity index (χ3n) is 2.25. The molecule has 0 saturated heterocycles. The maximum Gasteiger partial charge on any atom is 0.252 e. The van der Waals surface area contributed by atoms with Crippen LogP contribution in [0.15, 0.2) is 39.6 Å². The molecule has 0 saturated carbocycles. The molecule has 0 radical (unpaired) electrons. The highest BCUT2D eigenvalue weighted by atomic mass is 32.1. The summed E-state index contributed by atoms with van der Waals surface area (Å²) in [6, 6.07) is 5.65. The number of carbonyl (C=O) groups excluding carboxylic acids is 1. The number of furan rings is 1. The van der Waals surface area contributed by atoms with Crippen molar-refractivity contribution >= 4 is 17.2 Å². The first-order valence-corrected chi connectivity index (χ1v) is 6.05. The average Bonchev–Trinajstić information content (AvgIpc) is 2.88. The molecule has 0 fully saturated rings. The van der Waals surface area contributed by atoms with Gasteiger partial charge < -0.3 is 9.73 Å². The van der Waals surface area contributed by atoms with Crippen molar-refractivity contribution < 1.29 is 9.21 Å². The monoisotopic (exact) mass is 235 g/mol. The van der Waals surface area contributed by atoms with Crippen molar-refractivity contribution in [3.63, 3.8) is 0 Å². The van der Waals surface area contributed by atoms with Gasteiger partial charge in [-0.05, 0) is 30.5 Å². The lowest BCUT2D eigenvalue weighted by Crippen LogP contribution is -2.33. The highest BCUT2D eigenvalue weighted by molar-refractivity contribution is 7.08. The third kappa shape index (κ3) is 2.73. The Balaban J connectivity index is 1.88. The highest BCUT2D eigenvalue weighted by Gasteiger charge is 2.11. The molecule has 1 amide bonds. The van der Waals surface area contributed by atoms with E-state index in [2.05, 4.69) is 5.32 Å². The summed E-state index contributed by atoms with van der Waals surface area (Å²) < 4.78 is 5.23. The molecule has 4 heteroatoms. The molecule has 0 bridgehead atoms. The zero-order chi connectivity index (χ0) is 11.4. The SMILES string of the molecule is C[C@@H](Cc1ccco1)NC(=O)c1ccsc1. The number of rotatable bonds is 4. The summed E-state index contributed by atoms with van der Waals surface area (Å²) in [5.74, 6) is 0.860. The van der Waals surface area contributed by atoms with Crippen LogP contribution in [0.2, 0.25) is 0 Å². The second-order valence-corrected chi connectivity index (χ2v) is 4.45. The summed E-state index contributed by atoms with van der Waals surface area (Å²) >= 11 is 1.52. The number of hydrogen-bond donors (Lipinski definition) is 1. The van der Waals surface area contributed by atoms with E-state index in [0.29, 0.717) is 6.42 Å². The highest BCUT2D eigenvalue weighted by Crippen LogP contribution is 2.07. The summed E-state index contributed by atoms with van der Waals surface area (Å²) in [5.41, 5.74) is 0.719. The van der Waals surface area contributed by atoms with Gasteiger partial charge in [-0.15, -0.1) is 0 Å². The van der Waals surface area contributed by atoms with Gasteiger partial charge in [0.25, 0.3) is 5.91 Å². The third-order valence-corrected chi connectivity index (χ3v) is 2.93. The van der Waals surface area contributed by atoms with Crippen molar-refractivity contribution in [1.82, 2.24) is 5.32 Å². The lowest BCUT2D eigenvalue weighted by atomic mass is 10.2. The van der Waals surface area contributed by atoms with Crippen molar-refractivity contribution in [2.24, 2.45) is 0 Å². The Morgan fingerprint density at radius 1 is 1.56 bits per heavy atom. The fraction of sp³-hybridized carbons (Fsp3) is 0.250. The van der Waals surface area contributed by atoms with Crippen molar-refractivity contribution in [2.75, 3.05) is 0 Å². The fourth-order valence-corrected chi connectivity index (χ4v) is 2.12. The summed E-state index contributed by atoms with van der Waals surface area (Å²) in [5, 5.41) is 6.67. The molecule has 0 aliphatic heterocycles. The molecular weight excluding hydrogens is 222 g/mol. The molecule has 0 aliphatic rings. The van der Waals surface area contributed by atoms with Crippen LogP contribution in [-0.4, -0.2) is 11.9 Å². The first-order valence-electron chi connectivity index (χ1n) is 5.11. The molecule has 2 heterocycles. The van der Waals surface area contributed by atoms with Gasteiger partial charge in [0, 0.05) is 23.4 Å². The molecule has 1 atom stereocenters. The zero-order valence-corrected chi connectivity index (χ0v) is 9.79. The van der Waals surface area contributed by atoms with Crippen LogP contribution in [0.5, 0.6) is 0 Å². The Kier molecular flexibility index (Phi) is 3.41. The largest absolute Gasteiger partial charge is 0.469 e. The van der Waals surface area contributed by atoms with Gasteiger partial charge in [0.05, 0.1) is 6.26 Å². The van der Waals surface area contributed by atoms with Crippen LogP contribution in [-0.2, 0) is 6.42 Å². The lowest BCUT2D eigenvalue weighted by molar-refractivity contribution is 0.0940. The normalized spacial score (nSPS) is 12.3. The van der Waals surface area contributed by atoms with E-state index in [0.717, 1.165) is 11.3 Å². The second-order valence-electron chi connectivity index (χ2n) is 3.67. The van der Waals surface area contributed by atoms with Crippen LogP contribution < -0.4 is 5.32 Å². The molecule has 84 valence electrons. The summed E-state index contributed by atoms with van der Waals surface area (Å²) in [7, 11) is 0. The zero-order valence-electron chi connectivity index (χ0n) is 8.97. The van der Waals surface area contributed by atoms with Crippen molar-refractivity contribution in [3.05, 3.63) is 46.5 Å². The molecule has 0 spiro atoms. The maximum atomic E-state index is 11.7. The van der Waals surface area contributed by atoms with Gasteiger partial charge in [-0.1, -0.05) is 0 Å². The molecule has 2 rings (SSSR count). The smallest absolute Gasteiger partial charge is 0.252 e. The molecule has 16 heavy (non-hydrogen) atoms. The van der Waals surface area contributed by atoms with Crippen LogP contribution in [0.25, 0.3) is 0 Å². The van der Waals surface area contributed by atoms with E-state index in [9.17, 15) is 4.79 Å². The maximum absolute atomic E-state index is 11.7. The van der Waals surface area contributed by atoms with Crippen LogP contribution in [0.1, 0.15) is 23.0 Å². The number of hydrogen-bond acceptors (Lipinski definition) is 3. The number of thiophene rings is 1. The molecule has 1 N–H and O–H groups in total. The predicted molar refractivity (Wildman–Crippen MR) is 63.7 cm³/mol. The van der Waals surface area contributed by atoms with Gasteiger partial charge in [0.15, 0.2) is 0 Å². The Hall–Kier alpha value is -1.55. The van der Waals surface area contributed by atoms with E-state index < -0.39 is 0 Å². The molecule has 3 nitrogen and oxygen atoms in total. The topological polar surface area (TPSA) is 42.2 Å². The number of amides is 1. The Morgan fingerprint density at radius 2 is 2.44 bits per heavy atom. The number of carbonyl (C=O) groups is 1. The first kappa shape index (κ1) is 11.0. The molecule has 0 aromatic carbocycles. The summed E-state index contributed by atoms with van der Waals surface area (Å²) in [6.07, 6.45) is 2.35. The lowest BCUT2D eigenvalue weighted by Gasteiger charge is -2.11. The summed E-state index contributed by atoms with van der Waals surface area (Å²) in [4.78, 5) is 11.7. The van der Waals surface area contributed by atoms with E-state index in [-0.39, 0.29) is 11.9 Å². The quantitative estimate of drug-likeness (QED) is 0.885. The van der Waals surface area contributed by atoms with Crippen LogP contribution in [0.4, 0.5) is 0 Å². The van der Waals surface area contributed by atoms with Gasteiger partial charge in [-0.25, -0.2) is 0 Å². The van der Waals surface area contributed by atoms with Gasteiger partial charge in [0.1, 0.15) is 5.76 Å². The minimum atomic E-state index is -0.0275. The van der Waals surface area contributed by atoms with E-state index in [1.165, 1.54) is 11.3 Å². The average molecular weight is 235 g/mol. The van der Waals surface area contributed by atoms with Gasteiger partial charge in [-0.3, -0.25) is 4.79 Å². The fourth-order valence-electron chi connectivity index (χ4n) is 1.48. The molecule has 2 aromatic rings. The standard InChI is InChI=1S/C12H13NO2S/c1-9(7-11-3-2-5-15-11)13-12(14)10-4-6-16-8-10/h2-6,8-9H,7H2,1H3,(H,13,14)/t9-/m0/s1. The van der Waals surface area contributed by atoms with E-state index in [4.69, 9.17) is 4.42 Å². The van der Waals surface area contributed by atoms with Crippen LogP contribution in [0, 0.1) is 0 Å². The van der Waals surface area contributed by atoms with E-state index >= 15 is 0 Å². The van der Waals surface area contributed by atoms with Crippen molar-refractivity contribution in [1.29, 1.82) is 0 Å². The van der Waals surface area contributed by atoms with Gasteiger partial charge in [0.2, 0.25) is 0 Å². The molecule has 2 aromatic heterocycles. The minimum absolute atomic E-state index is 0.0275. The Labute approximate surface area is 98.1 Å². The van der Waals surface area contributed by atoms with Crippen LogP contribution >= 0.6 is 11.3 Å². The van der Waals surface area contributed by atoms with Crippen LogP contribution in [0.3, 0.4) is 0 Å². The van der Waals surface area contributed by atoms with Gasteiger partial charge in [-0.2, -0.15) is 11.3 Å². The van der Waals surface area contributed by atoms with Gasteiger partial charge >= 0.3 is 0 Å². The van der Waals surface area contributed by atoms with E-state index in [1.54, 1.807) is 6.26 Å². The van der Waals surface area contributed by atoms with Crippen molar-refractivity contribution in [2.45, 2.75) is 19.4 Å². The summed E-state index contributed by atoms with van der Waals surface area (Å²) in [6.45, 7) is 1.97. The second kappa shape index (κ2) is 4.99. The number of nitrogens with one attached hydrogen (secondary N) is 1. The minimum Gasteiger partial charge on any atom is -0.469 e. The molecule has 0 unspecified atom stereocenters. The van der Waals surface area contributed by atoms with Crippen molar-refractivity contribution in [3.8, 4) is 0 Å². The predicted octanol–water partition coefficient (Wildman–Crippen LogP) is 2.70. The first-order chi connectivity index (χ1) is 7.75. The van der Waals surface area contributed by atoms with E-state index in [1.807, 2.05) is 35.9 Å². The molecular formula is C12H13NO2S. The Morgan fingerprint density at radius 3 is 3.06 bits per heavy atom.